The van der Waals surface area contributed by atoms with Crippen LogP contribution in [0.2, 0.25) is 0 Å². The van der Waals surface area contributed by atoms with Crippen LogP contribution in [0.4, 0.5) is 11.4 Å². The topological polar surface area (TPSA) is 86.9 Å². The number of aromatic nitrogens is 1. The monoisotopic (exact) mass is 424 g/mol. The molecule has 160 valence electrons. The number of fused-ring (bicyclic) bond motifs is 3. The number of carbonyl (C=O) groups is 2. The maximum absolute atomic E-state index is 12.7. The summed E-state index contributed by atoms with van der Waals surface area (Å²) in [4.78, 5) is 25.0. The highest BCUT2D eigenvalue weighted by molar-refractivity contribution is 6.10. The second-order valence-corrected chi connectivity index (χ2v) is 7.83. The molecule has 1 atom stereocenters. The molecule has 1 heterocycles. The van der Waals surface area contributed by atoms with Crippen molar-refractivity contribution in [3.05, 3.63) is 72.3 Å². The smallest absolute Gasteiger partial charge is 0.227 e. The number of benzene rings is 3. The number of aryl methyl sites for hydroxylation is 1. The van der Waals surface area contributed by atoms with Gasteiger partial charge in [0.1, 0.15) is 0 Å². The summed E-state index contributed by atoms with van der Waals surface area (Å²) in [6, 6.07) is 22.8. The number of hydrogen-bond donors (Lipinski definition) is 2. The fourth-order valence-corrected chi connectivity index (χ4v) is 3.95. The third-order valence-corrected chi connectivity index (χ3v) is 5.59. The van der Waals surface area contributed by atoms with Gasteiger partial charge in [-0.2, -0.15) is 5.26 Å². The second-order valence-electron chi connectivity index (χ2n) is 7.83. The summed E-state index contributed by atoms with van der Waals surface area (Å²) in [6.45, 7) is 4.71. The van der Waals surface area contributed by atoms with E-state index >= 15 is 0 Å². The van der Waals surface area contributed by atoms with Crippen LogP contribution in [0, 0.1) is 17.2 Å². The Kier molecular flexibility index (Phi) is 5.91. The predicted octanol–water partition coefficient (Wildman–Crippen LogP) is 5.29. The van der Waals surface area contributed by atoms with Crippen molar-refractivity contribution in [3.63, 3.8) is 0 Å². The Hall–Kier alpha value is -4.11. The Morgan fingerprint density at radius 1 is 0.938 bits per heavy atom. The lowest BCUT2D eigenvalue weighted by Gasteiger charge is -2.13. The Balaban J connectivity index is 1.45. The number of amides is 2. The molecule has 0 bridgehead atoms. The number of nitrogens with one attached hydrogen (secondary N) is 2. The van der Waals surface area contributed by atoms with E-state index in [1.54, 1.807) is 31.2 Å². The van der Waals surface area contributed by atoms with Crippen LogP contribution >= 0.6 is 0 Å². The maximum Gasteiger partial charge on any atom is 0.227 e. The van der Waals surface area contributed by atoms with Crippen molar-refractivity contribution in [2.75, 3.05) is 10.6 Å². The van der Waals surface area contributed by atoms with Gasteiger partial charge in [-0.1, -0.05) is 25.1 Å². The third kappa shape index (κ3) is 4.19. The van der Waals surface area contributed by atoms with Crippen LogP contribution in [0.15, 0.2) is 66.7 Å². The lowest BCUT2D eigenvalue weighted by molar-refractivity contribution is -0.124. The molecule has 0 spiro atoms. The zero-order chi connectivity index (χ0) is 22.7. The molecule has 0 radical (unpaired) electrons. The van der Waals surface area contributed by atoms with Gasteiger partial charge in [-0.15, -0.1) is 0 Å². The first-order valence-corrected chi connectivity index (χ1v) is 10.6. The predicted molar refractivity (Wildman–Crippen MR) is 127 cm³/mol. The average Bonchev–Trinajstić information content (AvgIpc) is 3.12. The van der Waals surface area contributed by atoms with Crippen molar-refractivity contribution >= 4 is 45.0 Å². The van der Waals surface area contributed by atoms with Crippen LogP contribution in [-0.2, 0) is 16.1 Å². The normalized spacial score (nSPS) is 11.8. The molecule has 0 aliphatic heterocycles. The first-order valence-electron chi connectivity index (χ1n) is 10.6. The highest BCUT2D eigenvalue weighted by atomic mass is 16.2. The van der Waals surface area contributed by atoms with Crippen LogP contribution in [0.25, 0.3) is 21.8 Å². The van der Waals surface area contributed by atoms with E-state index in [0.717, 1.165) is 22.8 Å². The van der Waals surface area contributed by atoms with Gasteiger partial charge in [0, 0.05) is 52.1 Å². The molecule has 0 saturated heterocycles. The van der Waals surface area contributed by atoms with Gasteiger partial charge >= 0.3 is 0 Å². The Bertz CT molecular complexity index is 1350. The molecule has 4 aromatic rings. The number of nitriles is 1. The molecular formula is C26H24N4O2. The van der Waals surface area contributed by atoms with Crippen molar-refractivity contribution in [1.82, 2.24) is 4.57 Å². The summed E-state index contributed by atoms with van der Waals surface area (Å²) in [7, 11) is 0. The molecule has 2 amide bonds. The van der Waals surface area contributed by atoms with E-state index in [-0.39, 0.29) is 18.2 Å². The van der Waals surface area contributed by atoms with Gasteiger partial charge in [-0.05, 0) is 55.5 Å². The van der Waals surface area contributed by atoms with E-state index in [9.17, 15) is 9.59 Å². The molecule has 3 aromatic carbocycles. The summed E-state index contributed by atoms with van der Waals surface area (Å²) >= 11 is 0. The molecule has 0 aliphatic carbocycles. The molecular weight excluding hydrogens is 400 g/mol. The molecule has 32 heavy (non-hydrogen) atoms. The van der Waals surface area contributed by atoms with Crippen molar-refractivity contribution in [1.29, 1.82) is 5.26 Å². The Labute approximate surface area is 186 Å². The molecule has 2 N–H and O–H groups in total. The standard InChI is InChI=1S/C26H24N4O2/c1-3-30-23-7-5-4-6-21(23)22-15-20(12-13-24(22)30)29-26(32)17(2)14-25(31)28-19-10-8-18(16-27)9-11-19/h4-13,15,17H,3,14H2,1-2H3,(H,28,31)(H,29,32). The highest BCUT2D eigenvalue weighted by Crippen LogP contribution is 2.31. The Morgan fingerprint density at radius 2 is 1.62 bits per heavy atom. The first kappa shape index (κ1) is 21.1. The largest absolute Gasteiger partial charge is 0.341 e. The number of nitrogens with zero attached hydrogens (tertiary/aromatic N) is 2. The van der Waals surface area contributed by atoms with Gasteiger partial charge in [0.15, 0.2) is 0 Å². The van der Waals surface area contributed by atoms with Gasteiger partial charge < -0.3 is 15.2 Å². The SMILES string of the molecule is CCn1c2ccccc2c2cc(NC(=O)C(C)CC(=O)Nc3ccc(C#N)cc3)ccc21. The fourth-order valence-electron chi connectivity index (χ4n) is 3.95. The lowest BCUT2D eigenvalue weighted by atomic mass is 10.1. The van der Waals surface area contributed by atoms with Crippen LogP contribution < -0.4 is 10.6 Å². The van der Waals surface area contributed by atoms with Crippen LogP contribution in [0.1, 0.15) is 25.8 Å². The van der Waals surface area contributed by atoms with Crippen molar-refractivity contribution in [3.8, 4) is 6.07 Å². The number of anilines is 2. The molecule has 4 rings (SSSR count). The van der Waals surface area contributed by atoms with Gasteiger partial charge in [0.05, 0.1) is 11.6 Å². The second kappa shape index (κ2) is 8.94. The summed E-state index contributed by atoms with van der Waals surface area (Å²) in [5, 5.41) is 16.8. The first-order chi connectivity index (χ1) is 15.5. The van der Waals surface area contributed by atoms with E-state index in [2.05, 4.69) is 34.3 Å². The zero-order valence-corrected chi connectivity index (χ0v) is 18.1. The van der Waals surface area contributed by atoms with E-state index in [1.165, 1.54) is 5.52 Å². The van der Waals surface area contributed by atoms with Crippen molar-refractivity contribution < 1.29 is 9.59 Å². The molecule has 0 saturated carbocycles. The quantitative estimate of drug-likeness (QED) is 0.441. The summed E-state index contributed by atoms with van der Waals surface area (Å²) in [5.41, 5.74) is 4.12. The van der Waals surface area contributed by atoms with E-state index in [1.807, 2.05) is 36.4 Å². The summed E-state index contributed by atoms with van der Waals surface area (Å²) in [5.74, 6) is -0.960. The minimum atomic E-state index is -0.499. The fraction of sp³-hybridized carbons (Fsp3) is 0.192. The van der Waals surface area contributed by atoms with Crippen molar-refractivity contribution in [2.24, 2.45) is 5.92 Å². The molecule has 1 unspecified atom stereocenters. The number of para-hydroxylation sites is 1. The zero-order valence-electron chi connectivity index (χ0n) is 18.1. The van der Waals surface area contributed by atoms with Gasteiger partial charge in [0.25, 0.3) is 0 Å². The van der Waals surface area contributed by atoms with E-state index < -0.39 is 5.92 Å². The molecule has 0 aliphatic rings. The molecule has 6 heteroatoms. The van der Waals surface area contributed by atoms with Gasteiger partial charge in [0.2, 0.25) is 11.8 Å². The van der Waals surface area contributed by atoms with Crippen molar-refractivity contribution in [2.45, 2.75) is 26.8 Å². The Morgan fingerprint density at radius 3 is 2.34 bits per heavy atom. The lowest BCUT2D eigenvalue weighted by Crippen LogP contribution is -2.25. The average molecular weight is 425 g/mol. The molecule has 1 aromatic heterocycles. The number of carbonyl (C=O) groups excluding carboxylic acids is 2. The summed E-state index contributed by atoms with van der Waals surface area (Å²) < 4.78 is 2.26. The van der Waals surface area contributed by atoms with Crippen LogP contribution in [-0.4, -0.2) is 16.4 Å². The van der Waals surface area contributed by atoms with Crippen LogP contribution in [0.5, 0.6) is 0 Å². The van der Waals surface area contributed by atoms with Gasteiger partial charge in [-0.25, -0.2) is 0 Å². The summed E-state index contributed by atoms with van der Waals surface area (Å²) in [6.07, 6.45) is 0.0588. The molecule has 6 nitrogen and oxygen atoms in total. The number of hydrogen-bond acceptors (Lipinski definition) is 3. The number of rotatable bonds is 6. The minimum absolute atomic E-state index is 0.0588. The highest BCUT2D eigenvalue weighted by Gasteiger charge is 2.18. The third-order valence-electron chi connectivity index (χ3n) is 5.59. The molecule has 0 fully saturated rings. The minimum Gasteiger partial charge on any atom is -0.341 e. The van der Waals surface area contributed by atoms with E-state index in [4.69, 9.17) is 5.26 Å². The van der Waals surface area contributed by atoms with Crippen LogP contribution in [0.3, 0.4) is 0 Å². The van der Waals surface area contributed by atoms with E-state index in [0.29, 0.717) is 16.9 Å². The van der Waals surface area contributed by atoms with Gasteiger partial charge in [-0.3, -0.25) is 9.59 Å². The maximum atomic E-state index is 12.7.